The molecule has 1 fully saturated rings. The standard InChI is InChI=1S/C10H20N2O/c1-8(13-10(2,3)4)12-6-5-9(11)7-12/h9H,1,5-7,11H2,2-4H3/t9-/m1/s1. The molecule has 0 spiro atoms. The Hall–Kier alpha value is -0.700. The lowest BCUT2D eigenvalue weighted by Gasteiger charge is -2.28. The molecule has 1 heterocycles. The van der Waals surface area contributed by atoms with Crippen molar-refractivity contribution in [2.24, 2.45) is 5.73 Å². The van der Waals surface area contributed by atoms with E-state index in [1.807, 2.05) is 20.8 Å². The van der Waals surface area contributed by atoms with Gasteiger partial charge in [0.25, 0.3) is 0 Å². The Morgan fingerprint density at radius 2 is 2.15 bits per heavy atom. The molecular weight excluding hydrogens is 164 g/mol. The van der Waals surface area contributed by atoms with Crippen LogP contribution in [0.4, 0.5) is 0 Å². The smallest absolute Gasteiger partial charge is 0.182 e. The molecule has 0 aromatic carbocycles. The van der Waals surface area contributed by atoms with Gasteiger partial charge < -0.3 is 15.4 Å². The summed E-state index contributed by atoms with van der Waals surface area (Å²) < 4.78 is 5.65. The van der Waals surface area contributed by atoms with Crippen molar-refractivity contribution < 1.29 is 4.74 Å². The van der Waals surface area contributed by atoms with Gasteiger partial charge in [-0.15, -0.1) is 0 Å². The van der Waals surface area contributed by atoms with E-state index < -0.39 is 0 Å². The summed E-state index contributed by atoms with van der Waals surface area (Å²) >= 11 is 0. The zero-order valence-corrected chi connectivity index (χ0v) is 8.84. The number of hydrogen-bond donors (Lipinski definition) is 1. The maximum absolute atomic E-state index is 5.79. The fraction of sp³-hybridized carbons (Fsp3) is 0.800. The van der Waals surface area contributed by atoms with Gasteiger partial charge >= 0.3 is 0 Å². The molecule has 1 atom stereocenters. The predicted octanol–water partition coefficient (Wildman–Crippen LogP) is 1.31. The number of nitrogens with two attached hydrogens (primary N) is 1. The zero-order chi connectivity index (χ0) is 10.1. The lowest BCUT2D eigenvalue weighted by Crippen LogP contribution is -2.30. The minimum atomic E-state index is -0.163. The van der Waals surface area contributed by atoms with E-state index in [2.05, 4.69) is 11.5 Å². The topological polar surface area (TPSA) is 38.5 Å². The van der Waals surface area contributed by atoms with Crippen LogP contribution in [0.1, 0.15) is 27.2 Å². The van der Waals surface area contributed by atoms with Crippen LogP contribution in [0, 0.1) is 0 Å². The zero-order valence-electron chi connectivity index (χ0n) is 8.84. The van der Waals surface area contributed by atoms with Crippen LogP contribution in [0.3, 0.4) is 0 Å². The Labute approximate surface area is 80.5 Å². The third kappa shape index (κ3) is 3.27. The predicted molar refractivity (Wildman–Crippen MR) is 54.1 cm³/mol. The molecule has 0 aromatic heterocycles. The minimum absolute atomic E-state index is 0.163. The van der Waals surface area contributed by atoms with Crippen molar-refractivity contribution in [3.8, 4) is 0 Å². The third-order valence-electron chi connectivity index (χ3n) is 2.00. The highest BCUT2D eigenvalue weighted by Gasteiger charge is 2.23. The van der Waals surface area contributed by atoms with Crippen LogP contribution in [-0.2, 0) is 4.74 Å². The number of ether oxygens (including phenoxy) is 1. The first-order chi connectivity index (χ1) is 5.88. The molecule has 0 unspecified atom stereocenters. The van der Waals surface area contributed by atoms with Crippen molar-refractivity contribution in [1.82, 2.24) is 4.90 Å². The molecule has 0 bridgehead atoms. The number of hydrogen-bond acceptors (Lipinski definition) is 3. The summed E-state index contributed by atoms with van der Waals surface area (Å²) in [6.45, 7) is 11.8. The van der Waals surface area contributed by atoms with Crippen LogP contribution < -0.4 is 5.73 Å². The van der Waals surface area contributed by atoms with Crippen LogP contribution in [0.2, 0.25) is 0 Å². The van der Waals surface area contributed by atoms with E-state index in [-0.39, 0.29) is 11.6 Å². The van der Waals surface area contributed by atoms with Gasteiger partial charge in [0.2, 0.25) is 0 Å². The van der Waals surface area contributed by atoms with E-state index >= 15 is 0 Å². The van der Waals surface area contributed by atoms with Crippen molar-refractivity contribution in [2.75, 3.05) is 13.1 Å². The first-order valence-electron chi connectivity index (χ1n) is 4.77. The second kappa shape index (κ2) is 3.58. The van der Waals surface area contributed by atoms with Crippen molar-refractivity contribution in [2.45, 2.75) is 38.8 Å². The molecule has 3 nitrogen and oxygen atoms in total. The van der Waals surface area contributed by atoms with Gasteiger partial charge in [-0.2, -0.15) is 0 Å². The molecule has 0 aromatic rings. The summed E-state index contributed by atoms with van der Waals surface area (Å²) in [7, 11) is 0. The number of nitrogens with zero attached hydrogens (tertiary/aromatic N) is 1. The van der Waals surface area contributed by atoms with Crippen molar-refractivity contribution in [3.63, 3.8) is 0 Å². The van der Waals surface area contributed by atoms with E-state index in [0.717, 1.165) is 25.4 Å². The van der Waals surface area contributed by atoms with Gasteiger partial charge in [-0.25, -0.2) is 0 Å². The summed E-state index contributed by atoms with van der Waals surface area (Å²) in [5.74, 6) is 0.750. The van der Waals surface area contributed by atoms with Gasteiger partial charge in [-0.3, -0.25) is 0 Å². The molecular formula is C10H20N2O. The maximum Gasteiger partial charge on any atom is 0.182 e. The SMILES string of the molecule is C=C(OC(C)(C)C)N1CC[C@@H](N)C1. The first kappa shape index (κ1) is 10.4. The lowest BCUT2D eigenvalue weighted by molar-refractivity contribution is 0.00864. The second-order valence-corrected chi connectivity index (χ2v) is 4.60. The molecule has 1 rings (SSSR count). The quantitative estimate of drug-likeness (QED) is 0.657. The Morgan fingerprint density at radius 3 is 2.54 bits per heavy atom. The van der Waals surface area contributed by atoms with E-state index in [1.165, 1.54) is 0 Å². The molecule has 1 saturated heterocycles. The monoisotopic (exact) mass is 184 g/mol. The van der Waals surface area contributed by atoms with Crippen LogP contribution >= 0.6 is 0 Å². The Morgan fingerprint density at radius 1 is 1.54 bits per heavy atom. The Balaban J connectivity index is 2.41. The Bertz CT molecular complexity index is 196. The number of likely N-dealkylation sites (tertiary alicyclic amines) is 1. The summed E-state index contributed by atoms with van der Waals surface area (Å²) in [4.78, 5) is 2.11. The molecule has 13 heavy (non-hydrogen) atoms. The van der Waals surface area contributed by atoms with E-state index in [4.69, 9.17) is 10.5 Å². The van der Waals surface area contributed by atoms with Crippen molar-refractivity contribution >= 4 is 0 Å². The normalized spacial score (nSPS) is 23.4. The summed E-state index contributed by atoms with van der Waals surface area (Å²) in [5, 5.41) is 0. The van der Waals surface area contributed by atoms with Gasteiger partial charge in [-0.05, 0) is 33.8 Å². The average Bonchev–Trinajstić information content (AvgIpc) is 2.31. The van der Waals surface area contributed by atoms with Gasteiger partial charge in [0, 0.05) is 19.1 Å². The van der Waals surface area contributed by atoms with E-state index in [1.54, 1.807) is 0 Å². The third-order valence-corrected chi connectivity index (χ3v) is 2.00. The highest BCUT2D eigenvalue weighted by Crippen LogP contribution is 2.19. The van der Waals surface area contributed by atoms with E-state index in [9.17, 15) is 0 Å². The molecule has 0 aliphatic carbocycles. The molecule has 1 aliphatic rings. The fourth-order valence-electron chi connectivity index (χ4n) is 1.43. The second-order valence-electron chi connectivity index (χ2n) is 4.60. The highest BCUT2D eigenvalue weighted by molar-refractivity contribution is 4.92. The van der Waals surface area contributed by atoms with E-state index in [0.29, 0.717) is 0 Å². The van der Waals surface area contributed by atoms with Gasteiger partial charge in [0.05, 0.1) is 0 Å². The Kier molecular flexibility index (Phi) is 2.86. The molecule has 3 heteroatoms. The fourth-order valence-corrected chi connectivity index (χ4v) is 1.43. The summed E-state index contributed by atoms with van der Waals surface area (Å²) in [6.07, 6.45) is 1.03. The lowest BCUT2D eigenvalue weighted by atomic mass is 10.2. The first-order valence-corrected chi connectivity index (χ1v) is 4.77. The molecule has 0 amide bonds. The average molecular weight is 184 g/mol. The molecule has 0 radical (unpaired) electrons. The van der Waals surface area contributed by atoms with Gasteiger partial charge in [0.15, 0.2) is 5.88 Å². The highest BCUT2D eigenvalue weighted by atomic mass is 16.5. The van der Waals surface area contributed by atoms with Gasteiger partial charge in [-0.1, -0.05) is 0 Å². The molecule has 1 aliphatic heterocycles. The molecule has 0 saturated carbocycles. The van der Waals surface area contributed by atoms with Crippen LogP contribution in [0.15, 0.2) is 12.5 Å². The maximum atomic E-state index is 5.79. The van der Waals surface area contributed by atoms with Gasteiger partial charge in [0.1, 0.15) is 5.60 Å². The summed E-state index contributed by atoms with van der Waals surface area (Å²) in [6, 6.07) is 0.278. The molecule has 76 valence electrons. The minimum Gasteiger partial charge on any atom is -0.474 e. The van der Waals surface area contributed by atoms with Crippen molar-refractivity contribution in [3.05, 3.63) is 12.5 Å². The molecule has 2 N–H and O–H groups in total. The van der Waals surface area contributed by atoms with Crippen molar-refractivity contribution in [1.29, 1.82) is 0 Å². The summed E-state index contributed by atoms with van der Waals surface area (Å²) in [5.41, 5.74) is 5.63. The van der Waals surface area contributed by atoms with Crippen LogP contribution in [0.5, 0.6) is 0 Å². The van der Waals surface area contributed by atoms with Crippen LogP contribution in [0.25, 0.3) is 0 Å². The largest absolute Gasteiger partial charge is 0.474 e. The van der Waals surface area contributed by atoms with Crippen LogP contribution in [-0.4, -0.2) is 29.6 Å². The number of rotatable bonds is 2.